The SMILES string of the molecule is CC(=O)c1cccc(NC(=O)CCN(c2ccc(C#N)cc2)S(C)(=O)=O)c1. The summed E-state index contributed by atoms with van der Waals surface area (Å²) in [6.45, 7) is 1.38. The maximum atomic E-state index is 12.2. The van der Waals surface area contributed by atoms with Crippen molar-refractivity contribution in [3.05, 3.63) is 59.7 Å². The third kappa shape index (κ3) is 5.66. The average Bonchev–Trinajstić information content (AvgIpc) is 2.61. The minimum Gasteiger partial charge on any atom is -0.326 e. The number of nitrogens with one attached hydrogen (secondary N) is 1. The topological polar surface area (TPSA) is 107 Å². The number of hydrogen-bond donors (Lipinski definition) is 1. The van der Waals surface area contributed by atoms with Crippen LogP contribution in [0.25, 0.3) is 0 Å². The van der Waals surface area contributed by atoms with Crippen LogP contribution in [-0.4, -0.2) is 32.9 Å². The van der Waals surface area contributed by atoms with Crippen LogP contribution in [0.3, 0.4) is 0 Å². The molecule has 0 aromatic heterocycles. The summed E-state index contributed by atoms with van der Waals surface area (Å²) < 4.78 is 25.2. The van der Waals surface area contributed by atoms with Gasteiger partial charge in [0.15, 0.2) is 5.78 Å². The van der Waals surface area contributed by atoms with E-state index in [0.717, 1.165) is 10.6 Å². The van der Waals surface area contributed by atoms with Crippen LogP contribution in [0.15, 0.2) is 48.5 Å². The standard InChI is InChI=1S/C19H19N3O4S/c1-14(23)16-4-3-5-17(12-16)21-19(24)10-11-22(27(2,25)26)18-8-6-15(13-20)7-9-18/h3-9,12H,10-11H2,1-2H3,(H,21,24). The Hall–Kier alpha value is -3.18. The Morgan fingerprint density at radius 3 is 2.37 bits per heavy atom. The highest BCUT2D eigenvalue weighted by Crippen LogP contribution is 2.19. The molecule has 0 spiro atoms. The van der Waals surface area contributed by atoms with Crippen molar-refractivity contribution in [2.24, 2.45) is 0 Å². The number of ketones is 1. The summed E-state index contributed by atoms with van der Waals surface area (Å²) in [5.41, 5.74) is 1.73. The number of carbonyl (C=O) groups is 2. The van der Waals surface area contributed by atoms with E-state index >= 15 is 0 Å². The number of anilines is 2. The second kappa shape index (κ2) is 8.47. The van der Waals surface area contributed by atoms with Gasteiger partial charge in [0, 0.05) is 24.2 Å². The molecule has 140 valence electrons. The fourth-order valence-electron chi connectivity index (χ4n) is 2.43. The number of amides is 1. The van der Waals surface area contributed by atoms with E-state index in [9.17, 15) is 18.0 Å². The largest absolute Gasteiger partial charge is 0.326 e. The molecule has 0 saturated carbocycles. The van der Waals surface area contributed by atoms with E-state index in [1.807, 2.05) is 6.07 Å². The van der Waals surface area contributed by atoms with E-state index in [1.54, 1.807) is 24.3 Å². The van der Waals surface area contributed by atoms with E-state index in [-0.39, 0.29) is 24.7 Å². The van der Waals surface area contributed by atoms with Gasteiger partial charge in [-0.1, -0.05) is 12.1 Å². The molecular formula is C19H19N3O4S. The molecule has 0 atom stereocenters. The lowest BCUT2D eigenvalue weighted by Gasteiger charge is -2.22. The summed E-state index contributed by atoms with van der Waals surface area (Å²) in [5, 5.41) is 11.5. The van der Waals surface area contributed by atoms with Crippen LogP contribution in [0.2, 0.25) is 0 Å². The van der Waals surface area contributed by atoms with Crippen molar-refractivity contribution in [2.45, 2.75) is 13.3 Å². The zero-order chi connectivity index (χ0) is 20.0. The lowest BCUT2D eigenvalue weighted by Crippen LogP contribution is -2.33. The maximum absolute atomic E-state index is 12.2. The van der Waals surface area contributed by atoms with Gasteiger partial charge in [-0.05, 0) is 43.3 Å². The van der Waals surface area contributed by atoms with Crippen LogP contribution in [0.5, 0.6) is 0 Å². The molecule has 27 heavy (non-hydrogen) atoms. The normalized spacial score (nSPS) is 10.7. The summed E-state index contributed by atoms with van der Waals surface area (Å²) in [6.07, 6.45) is 0.983. The van der Waals surface area contributed by atoms with E-state index in [2.05, 4.69) is 5.32 Å². The minimum atomic E-state index is -3.60. The molecule has 0 heterocycles. The predicted molar refractivity (Wildman–Crippen MR) is 103 cm³/mol. The van der Waals surface area contributed by atoms with Crippen LogP contribution in [-0.2, 0) is 14.8 Å². The first kappa shape index (κ1) is 20.1. The second-order valence-electron chi connectivity index (χ2n) is 5.93. The molecule has 0 bridgehead atoms. The van der Waals surface area contributed by atoms with Crippen LogP contribution in [0, 0.1) is 11.3 Å². The molecule has 0 aliphatic rings. The molecule has 0 unspecified atom stereocenters. The highest BCUT2D eigenvalue weighted by Gasteiger charge is 2.18. The quantitative estimate of drug-likeness (QED) is 0.737. The number of Topliss-reactive ketones (excluding diaryl/α,β-unsaturated/α-hetero) is 1. The number of nitrogens with zero attached hydrogens (tertiary/aromatic N) is 2. The Bertz CT molecular complexity index is 992. The van der Waals surface area contributed by atoms with Crippen molar-refractivity contribution < 1.29 is 18.0 Å². The summed E-state index contributed by atoms with van der Waals surface area (Å²) in [7, 11) is -3.60. The highest BCUT2D eigenvalue weighted by atomic mass is 32.2. The maximum Gasteiger partial charge on any atom is 0.232 e. The molecule has 0 aliphatic carbocycles. The molecular weight excluding hydrogens is 366 g/mol. The molecule has 1 N–H and O–H groups in total. The van der Waals surface area contributed by atoms with Gasteiger partial charge in [0.25, 0.3) is 0 Å². The number of nitriles is 1. The Morgan fingerprint density at radius 1 is 1.15 bits per heavy atom. The third-order valence-electron chi connectivity index (χ3n) is 3.78. The van der Waals surface area contributed by atoms with Crippen LogP contribution >= 0.6 is 0 Å². The van der Waals surface area contributed by atoms with Crippen molar-refractivity contribution in [3.63, 3.8) is 0 Å². The minimum absolute atomic E-state index is 0.0526. The van der Waals surface area contributed by atoms with Crippen molar-refractivity contribution in [1.29, 1.82) is 5.26 Å². The van der Waals surface area contributed by atoms with Crippen molar-refractivity contribution in [2.75, 3.05) is 22.4 Å². The smallest absolute Gasteiger partial charge is 0.232 e. The van der Waals surface area contributed by atoms with Gasteiger partial charge in [-0.3, -0.25) is 13.9 Å². The first-order valence-corrected chi connectivity index (χ1v) is 9.94. The molecule has 2 rings (SSSR count). The summed E-state index contributed by atoms with van der Waals surface area (Å²) in [5.74, 6) is -0.492. The average molecular weight is 385 g/mol. The third-order valence-corrected chi connectivity index (χ3v) is 4.97. The van der Waals surface area contributed by atoms with Crippen molar-refractivity contribution in [1.82, 2.24) is 0 Å². The molecule has 0 radical (unpaired) electrons. The summed E-state index contributed by atoms with van der Waals surface area (Å²) in [4.78, 5) is 23.6. The van der Waals surface area contributed by atoms with Gasteiger partial charge in [0.2, 0.25) is 15.9 Å². The zero-order valence-electron chi connectivity index (χ0n) is 15.0. The predicted octanol–water partition coefficient (Wildman–Crippen LogP) is 2.56. The summed E-state index contributed by atoms with van der Waals surface area (Å²) in [6, 6.07) is 14.6. The Balaban J connectivity index is 2.08. The molecule has 0 fully saturated rings. The molecule has 1 amide bonds. The van der Waals surface area contributed by atoms with Crippen LogP contribution in [0.4, 0.5) is 11.4 Å². The van der Waals surface area contributed by atoms with Crippen LogP contribution in [0.1, 0.15) is 29.3 Å². The first-order valence-electron chi connectivity index (χ1n) is 8.09. The number of carbonyl (C=O) groups excluding carboxylic acids is 2. The lowest BCUT2D eigenvalue weighted by atomic mass is 10.1. The van der Waals surface area contributed by atoms with E-state index < -0.39 is 10.0 Å². The molecule has 7 nitrogen and oxygen atoms in total. The Morgan fingerprint density at radius 2 is 1.81 bits per heavy atom. The van der Waals surface area contributed by atoms with Gasteiger partial charge in [-0.25, -0.2) is 8.42 Å². The van der Waals surface area contributed by atoms with Gasteiger partial charge in [-0.15, -0.1) is 0 Å². The van der Waals surface area contributed by atoms with Gasteiger partial charge in [0.05, 0.1) is 23.6 Å². The number of sulfonamides is 1. The van der Waals surface area contributed by atoms with Gasteiger partial charge in [-0.2, -0.15) is 5.26 Å². The van der Waals surface area contributed by atoms with Gasteiger partial charge in [0.1, 0.15) is 0 Å². The number of rotatable bonds is 7. The molecule has 0 aliphatic heterocycles. The molecule has 0 saturated heterocycles. The van der Waals surface area contributed by atoms with E-state index in [0.29, 0.717) is 22.5 Å². The second-order valence-corrected chi connectivity index (χ2v) is 7.84. The van der Waals surface area contributed by atoms with Gasteiger partial charge >= 0.3 is 0 Å². The molecule has 8 heteroatoms. The van der Waals surface area contributed by atoms with Crippen molar-refractivity contribution in [3.8, 4) is 6.07 Å². The van der Waals surface area contributed by atoms with Crippen LogP contribution < -0.4 is 9.62 Å². The Kier molecular flexibility index (Phi) is 6.32. The monoisotopic (exact) mass is 385 g/mol. The first-order chi connectivity index (χ1) is 12.7. The molecule has 2 aromatic carbocycles. The number of hydrogen-bond acceptors (Lipinski definition) is 5. The Labute approximate surface area is 158 Å². The van der Waals surface area contributed by atoms with E-state index in [4.69, 9.17) is 5.26 Å². The highest BCUT2D eigenvalue weighted by molar-refractivity contribution is 7.92. The fourth-order valence-corrected chi connectivity index (χ4v) is 3.36. The van der Waals surface area contributed by atoms with E-state index in [1.165, 1.54) is 31.2 Å². The fraction of sp³-hybridized carbons (Fsp3) is 0.211. The van der Waals surface area contributed by atoms with Crippen molar-refractivity contribution >= 4 is 33.1 Å². The number of benzene rings is 2. The van der Waals surface area contributed by atoms with Gasteiger partial charge < -0.3 is 5.32 Å². The molecule has 2 aromatic rings. The summed E-state index contributed by atoms with van der Waals surface area (Å²) >= 11 is 0. The lowest BCUT2D eigenvalue weighted by molar-refractivity contribution is -0.116. The zero-order valence-corrected chi connectivity index (χ0v) is 15.8.